The van der Waals surface area contributed by atoms with Gasteiger partial charge in [-0.25, -0.2) is 0 Å². The standard InChI is InChI=1S/C17H14ClN3O2/c1-10-2-5-12(6-3-10)19-17(23)15-9-14(20-21-15)13-8-11(18)4-7-16(13)22/h2-9,22H,1H3,(H,19,23)(H,20,21). The van der Waals surface area contributed by atoms with E-state index in [4.69, 9.17) is 11.6 Å². The normalized spacial score (nSPS) is 10.5. The molecule has 0 fully saturated rings. The summed E-state index contributed by atoms with van der Waals surface area (Å²) in [5.41, 5.74) is 3.01. The van der Waals surface area contributed by atoms with Crippen molar-refractivity contribution in [2.24, 2.45) is 0 Å². The molecule has 0 atom stereocenters. The number of hydrogen-bond donors (Lipinski definition) is 3. The highest BCUT2D eigenvalue weighted by Crippen LogP contribution is 2.30. The van der Waals surface area contributed by atoms with E-state index in [1.807, 2.05) is 31.2 Å². The minimum absolute atomic E-state index is 0.0476. The van der Waals surface area contributed by atoms with Crippen molar-refractivity contribution in [2.45, 2.75) is 6.92 Å². The Morgan fingerprint density at radius 2 is 1.91 bits per heavy atom. The number of hydrogen-bond acceptors (Lipinski definition) is 3. The molecule has 0 aliphatic heterocycles. The lowest BCUT2D eigenvalue weighted by molar-refractivity contribution is 0.102. The van der Waals surface area contributed by atoms with Crippen LogP contribution in [0.25, 0.3) is 11.3 Å². The third-order valence-electron chi connectivity index (χ3n) is 3.37. The van der Waals surface area contributed by atoms with Gasteiger partial charge >= 0.3 is 0 Å². The number of carbonyl (C=O) groups excluding carboxylic acids is 1. The van der Waals surface area contributed by atoms with Gasteiger partial charge in [-0.05, 0) is 43.3 Å². The number of aromatic hydroxyl groups is 1. The lowest BCUT2D eigenvalue weighted by atomic mass is 10.1. The molecule has 0 aliphatic rings. The van der Waals surface area contributed by atoms with Crippen molar-refractivity contribution < 1.29 is 9.90 Å². The molecule has 0 unspecified atom stereocenters. The number of phenols is 1. The minimum atomic E-state index is -0.311. The molecule has 0 spiro atoms. The monoisotopic (exact) mass is 327 g/mol. The summed E-state index contributed by atoms with van der Waals surface area (Å²) in [4.78, 5) is 12.2. The van der Waals surface area contributed by atoms with E-state index < -0.39 is 0 Å². The van der Waals surface area contributed by atoms with Crippen LogP contribution in [0.1, 0.15) is 16.1 Å². The molecule has 1 aromatic heterocycles. The Labute approximate surface area is 137 Å². The Morgan fingerprint density at radius 1 is 1.17 bits per heavy atom. The van der Waals surface area contributed by atoms with Gasteiger partial charge in [-0.3, -0.25) is 9.89 Å². The second-order valence-electron chi connectivity index (χ2n) is 5.15. The van der Waals surface area contributed by atoms with Crippen molar-refractivity contribution in [3.63, 3.8) is 0 Å². The first kappa shape index (κ1) is 15.1. The topological polar surface area (TPSA) is 78.0 Å². The van der Waals surface area contributed by atoms with Crippen LogP contribution >= 0.6 is 11.6 Å². The molecule has 0 saturated heterocycles. The Hall–Kier alpha value is -2.79. The maximum atomic E-state index is 12.2. The lowest BCUT2D eigenvalue weighted by Gasteiger charge is -2.03. The van der Waals surface area contributed by atoms with E-state index in [-0.39, 0.29) is 11.7 Å². The van der Waals surface area contributed by atoms with Crippen molar-refractivity contribution in [2.75, 3.05) is 5.32 Å². The van der Waals surface area contributed by atoms with Crippen LogP contribution in [-0.2, 0) is 0 Å². The van der Waals surface area contributed by atoms with Crippen LogP contribution in [0.3, 0.4) is 0 Å². The summed E-state index contributed by atoms with van der Waals surface area (Å²) < 4.78 is 0. The highest BCUT2D eigenvalue weighted by molar-refractivity contribution is 6.31. The van der Waals surface area contributed by atoms with Gasteiger partial charge in [0, 0.05) is 16.3 Å². The highest BCUT2D eigenvalue weighted by atomic mass is 35.5. The number of nitrogens with one attached hydrogen (secondary N) is 2. The van der Waals surface area contributed by atoms with E-state index in [2.05, 4.69) is 15.5 Å². The zero-order valence-electron chi connectivity index (χ0n) is 12.3. The Balaban J connectivity index is 1.82. The largest absolute Gasteiger partial charge is 0.507 e. The van der Waals surface area contributed by atoms with Crippen LogP contribution in [0.5, 0.6) is 5.75 Å². The van der Waals surface area contributed by atoms with Crippen molar-refractivity contribution >= 4 is 23.2 Å². The van der Waals surface area contributed by atoms with E-state index in [1.54, 1.807) is 18.2 Å². The molecule has 1 amide bonds. The van der Waals surface area contributed by atoms with E-state index in [0.29, 0.717) is 27.7 Å². The summed E-state index contributed by atoms with van der Waals surface area (Å²) in [5, 5.41) is 19.9. The smallest absolute Gasteiger partial charge is 0.273 e. The number of H-pyrrole nitrogens is 1. The molecule has 116 valence electrons. The van der Waals surface area contributed by atoms with Gasteiger partial charge in [0.25, 0.3) is 5.91 Å². The third-order valence-corrected chi connectivity index (χ3v) is 3.60. The summed E-state index contributed by atoms with van der Waals surface area (Å²) >= 11 is 5.93. The number of halogens is 1. The zero-order valence-corrected chi connectivity index (χ0v) is 13.1. The van der Waals surface area contributed by atoms with Crippen molar-refractivity contribution in [3.05, 3.63) is 64.8 Å². The highest BCUT2D eigenvalue weighted by Gasteiger charge is 2.14. The number of nitrogens with zero attached hydrogens (tertiary/aromatic N) is 1. The average molecular weight is 328 g/mol. The zero-order chi connectivity index (χ0) is 16.4. The first-order chi connectivity index (χ1) is 11.0. The van der Waals surface area contributed by atoms with Crippen LogP contribution in [-0.4, -0.2) is 21.2 Å². The molecule has 6 heteroatoms. The summed E-state index contributed by atoms with van der Waals surface area (Å²) in [6.45, 7) is 1.98. The van der Waals surface area contributed by atoms with Gasteiger partial charge in [-0.15, -0.1) is 0 Å². The number of anilines is 1. The van der Waals surface area contributed by atoms with Gasteiger partial charge in [-0.1, -0.05) is 29.3 Å². The summed E-state index contributed by atoms with van der Waals surface area (Å²) in [6, 6.07) is 13.7. The fourth-order valence-electron chi connectivity index (χ4n) is 2.12. The Bertz CT molecular complexity index is 857. The SMILES string of the molecule is Cc1ccc(NC(=O)c2cc(-c3cc(Cl)ccc3O)n[nH]2)cc1. The second-order valence-corrected chi connectivity index (χ2v) is 5.58. The molecule has 0 bridgehead atoms. The molecular formula is C17H14ClN3O2. The predicted molar refractivity (Wildman–Crippen MR) is 89.8 cm³/mol. The molecule has 1 heterocycles. The number of phenolic OH excluding ortho intramolecular Hbond substituents is 1. The fourth-order valence-corrected chi connectivity index (χ4v) is 2.30. The maximum absolute atomic E-state index is 12.2. The maximum Gasteiger partial charge on any atom is 0.273 e. The Morgan fingerprint density at radius 3 is 2.65 bits per heavy atom. The molecule has 0 saturated carbocycles. The molecule has 3 N–H and O–H groups in total. The molecule has 3 rings (SSSR count). The number of aryl methyl sites for hydroxylation is 1. The van der Waals surface area contributed by atoms with Crippen LogP contribution < -0.4 is 5.32 Å². The second kappa shape index (κ2) is 6.14. The summed E-state index contributed by atoms with van der Waals surface area (Å²) in [6.07, 6.45) is 0. The molecule has 0 radical (unpaired) electrons. The number of carbonyl (C=O) groups is 1. The summed E-state index contributed by atoms with van der Waals surface area (Å²) in [5.74, 6) is -0.263. The van der Waals surface area contributed by atoms with Crippen LogP contribution in [0.15, 0.2) is 48.5 Å². The molecule has 0 aliphatic carbocycles. The number of aromatic amines is 1. The van der Waals surface area contributed by atoms with Crippen molar-refractivity contribution in [1.29, 1.82) is 0 Å². The van der Waals surface area contributed by atoms with E-state index in [0.717, 1.165) is 5.56 Å². The lowest BCUT2D eigenvalue weighted by Crippen LogP contribution is -2.12. The van der Waals surface area contributed by atoms with E-state index in [1.165, 1.54) is 6.07 Å². The van der Waals surface area contributed by atoms with Crippen molar-refractivity contribution in [3.8, 4) is 17.0 Å². The van der Waals surface area contributed by atoms with Crippen molar-refractivity contribution in [1.82, 2.24) is 10.2 Å². The van der Waals surface area contributed by atoms with E-state index in [9.17, 15) is 9.90 Å². The first-order valence-corrected chi connectivity index (χ1v) is 7.33. The predicted octanol–water partition coefficient (Wildman–Crippen LogP) is 4.00. The van der Waals surface area contributed by atoms with Gasteiger partial charge < -0.3 is 10.4 Å². The summed E-state index contributed by atoms with van der Waals surface area (Å²) in [7, 11) is 0. The number of rotatable bonds is 3. The van der Waals surface area contributed by atoms with Gasteiger partial charge in [0.05, 0.1) is 5.69 Å². The Kier molecular flexibility index (Phi) is 4.04. The first-order valence-electron chi connectivity index (χ1n) is 6.95. The van der Waals surface area contributed by atoms with Gasteiger partial charge in [0.15, 0.2) is 0 Å². The third kappa shape index (κ3) is 3.35. The molecule has 2 aromatic carbocycles. The average Bonchev–Trinajstić information content (AvgIpc) is 3.02. The van der Waals surface area contributed by atoms with Gasteiger partial charge in [0.2, 0.25) is 0 Å². The number of aromatic nitrogens is 2. The molecular weight excluding hydrogens is 314 g/mol. The number of benzene rings is 2. The fraction of sp³-hybridized carbons (Fsp3) is 0.0588. The van der Waals surface area contributed by atoms with Gasteiger partial charge in [-0.2, -0.15) is 5.10 Å². The van der Waals surface area contributed by atoms with Gasteiger partial charge in [0.1, 0.15) is 11.4 Å². The molecule has 5 nitrogen and oxygen atoms in total. The quantitative estimate of drug-likeness (QED) is 0.680. The number of amides is 1. The minimum Gasteiger partial charge on any atom is -0.507 e. The molecule has 23 heavy (non-hydrogen) atoms. The van der Waals surface area contributed by atoms with Crippen LogP contribution in [0.2, 0.25) is 5.02 Å². The van der Waals surface area contributed by atoms with E-state index >= 15 is 0 Å². The molecule has 3 aromatic rings. The van der Waals surface area contributed by atoms with Crippen LogP contribution in [0.4, 0.5) is 5.69 Å². The van der Waals surface area contributed by atoms with Crippen LogP contribution in [0, 0.1) is 6.92 Å².